The molecule has 1 aromatic heterocycles. The summed E-state index contributed by atoms with van der Waals surface area (Å²) in [5, 5.41) is 24.2. The van der Waals surface area contributed by atoms with Crippen molar-refractivity contribution in [3.05, 3.63) is 34.4 Å². The van der Waals surface area contributed by atoms with Crippen molar-refractivity contribution >= 4 is 11.9 Å². The van der Waals surface area contributed by atoms with E-state index in [0.29, 0.717) is 44.3 Å². The van der Waals surface area contributed by atoms with Gasteiger partial charge in [0.25, 0.3) is 0 Å². The number of ketones is 1. The van der Waals surface area contributed by atoms with Crippen LogP contribution >= 0.6 is 0 Å². The minimum absolute atomic E-state index is 0.0801. The number of fused-ring (bicyclic) bond motifs is 5. The van der Waals surface area contributed by atoms with Crippen molar-refractivity contribution < 1.29 is 29.0 Å². The Bertz CT molecular complexity index is 1260. The van der Waals surface area contributed by atoms with E-state index in [0.717, 1.165) is 32.4 Å². The average Bonchev–Trinajstić information content (AvgIpc) is 3.23. The minimum atomic E-state index is -1.25. The summed E-state index contributed by atoms with van der Waals surface area (Å²) in [6.45, 7) is 13.6. The van der Waals surface area contributed by atoms with E-state index in [9.17, 15) is 24.6 Å². The maximum atomic E-state index is 14.1. The molecular weight excluding hydrogens is 536 g/mol. The Morgan fingerprint density at radius 1 is 1.02 bits per heavy atom. The molecule has 0 unspecified atom stereocenters. The molecule has 0 bridgehead atoms. The third-order valence-corrected chi connectivity index (χ3v) is 12.5. The van der Waals surface area contributed by atoms with Gasteiger partial charge in [-0.15, -0.1) is 0 Å². The van der Waals surface area contributed by atoms with E-state index in [2.05, 4.69) is 32.6 Å². The lowest BCUT2D eigenvalue weighted by Crippen LogP contribution is -2.70. The highest BCUT2D eigenvalue weighted by Gasteiger charge is 2.73. The van der Waals surface area contributed by atoms with Crippen molar-refractivity contribution in [2.45, 2.75) is 109 Å². The molecule has 0 spiro atoms. The molecule has 5 aliphatic rings. The molecule has 1 amide bonds. The summed E-state index contributed by atoms with van der Waals surface area (Å²) < 4.78 is 11.2. The Hall–Kier alpha value is -2.23. The number of hydrogen-bond acceptors (Lipinski definition) is 8. The zero-order chi connectivity index (χ0) is 30.2. The molecular formula is C33H48N2O7. The van der Waals surface area contributed by atoms with Gasteiger partial charge in [-0.05, 0) is 102 Å². The van der Waals surface area contributed by atoms with Gasteiger partial charge in [0.05, 0.1) is 17.3 Å². The van der Waals surface area contributed by atoms with Gasteiger partial charge in [0.2, 0.25) is 0 Å². The number of carbonyl (C=O) groups is 2. The number of hydrogen-bond donors (Lipinski definition) is 2. The molecule has 1 aromatic rings. The Morgan fingerprint density at radius 3 is 2.38 bits per heavy atom. The molecule has 0 radical (unpaired) electrons. The molecule has 0 aromatic carbocycles. The summed E-state index contributed by atoms with van der Waals surface area (Å²) in [7, 11) is 0. The van der Waals surface area contributed by atoms with Crippen molar-refractivity contribution in [2.24, 2.45) is 28.6 Å². The molecule has 232 valence electrons. The van der Waals surface area contributed by atoms with Gasteiger partial charge in [0.15, 0.2) is 5.78 Å². The predicted molar refractivity (Wildman–Crippen MR) is 156 cm³/mol. The first-order chi connectivity index (χ1) is 19.7. The van der Waals surface area contributed by atoms with E-state index in [1.165, 1.54) is 12.3 Å². The smallest absolute Gasteiger partial charge is 0.410 e. The van der Waals surface area contributed by atoms with Gasteiger partial charge in [-0.2, -0.15) is 0 Å². The molecule has 4 aliphatic carbocycles. The largest absolute Gasteiger partial charge is 0.446 e. The fourth-order valence-electron chi connectivity index (χ4n) is 9.99. The first-order valence-corrected chi connectivity index (χ1v) is 15.9. The number of rotatable bonds is 2. The lowest BCUT2D eigenvalue weighted by atomic mass is 9.42. The fourth-order valence-corrected chi connectivity index (χ4v) is 9.99. The minimum Gasteiger partial charge on any atom is -0.446 e. The highest BCUT2D eigenvalue weighted by molar-refractivity contribution is 5.93. The number of aliphatic hydroxyl groups excluding tert-OH is 1. The number of aliphatic hydroxyl groups is 2. The molecule has 4 saturated carbocycles. The van der Waals surface area contributed by atoms with Gasteiger partial charge in [-0.25, -0.2) is 9.59 Å². The summed E-state index contributed by atoms with van der Waals surface area (Å²) in [5.74, 6) is -1.00. The zero-order valence-electron chi connectivity index (χ0n) is 25.8. The normalized spacial score (nSPS) is 42.5. The number of carbonyl (C=O) groups excluding carboxylic acids is 2. The van der Waals surface area contributed by atoms with Crippen molar-refractivity contribution in [1.82, 2.24) is 9.80 Å². The highest BCUT2D eigenvalue weighted by atomic mass is 16.6. The van der Waals surface area contributed by atoms with E-state index in [-0.39, 0.29) is 52.6 Å². The van der Waals surface area contributed by atoms with E-state index in [1.54, 1.807) is 6.07 Å². The monoisotopic (exact) mass is 584 g/mol. The van der Waals surface area contributed by atoms with Crippen LogP contribution < -0.4 is 5.63 Å². The molecule has 1 saturated heterocycles. The van der Waals surface area contributed by atoms with Crippen LogP contribution in [0.1, 0.15) is 91.0 Å². The summed E-state index contributed by atoms with van der Waals surface area (Å²) in [5.41, 5.74) is -2.41. The van der Waals surface area contributed by atoms with E-state index in [4.69, 9.17) is 9.15 Å². The second kappa shape index (κ2) is 10.2. The summed E-state index contributed by atoms with van der Waals surface area (Å²) in [4.78, 5) is 43.0. The number of ether oxygens (including phenoxy) is 1. The molecule has 9 atom stereocenters. The van der Waals surface area contributed by atoms with Crippen molar-refractivity contribution in [1.29, 1.82) is 0 Å². The standard InChI is InChI=1S/C33H48N2O7/c1-30(2,3)35-16-14-34(15-17-35)29(39)42-22-10-12-31(4)21(18-22)7-8-24-26(31)27(37)28(38)32(5)23(11-13-33(24,32)40)20-6-9-25(36)41-19-20/h6,9,19,21-24,26-27,37,40H,7-8,10-18H2,1-5H3/t21-,22+,23-,24-,26-,27-,31+,32+,33+/m1/s1. The van der Waals surface area contributed by atoms with Crippen molar-refractivity contribution in [2.75, 3.05) is 26.2 Å². The second-order valence-electron chi connectivity index (χ2n) is 15.3. The van der Waals surface area contributed by atoms with E-state index in [1.807, 2.05) is 11.8 Å². The number of amides is 1. The third-order valence-electron chi connectivity index (χ3n) is 12.5. The second-order valence-corrected chi connectivity index (χ2v) is 15.3. The van der Waals surface area contributed by atoms with Gasteiger partial charge in [0.1, 0.15) is 12.2 Å². The molecule has 1 aliphatic heterocycles. The molecule has 9 heteroatoms. The molecule has 42 heavy (non-hydrogen) atoms. The average molecular weight is 585 g/mol. The lowest BCUT2D eigenvalue weighted by Gasteiger charge is -2.64. The van der Waals surface area contributed by atoms with Gasteiger partial charge < -0.3 is 24.3 Å². The number of nitrogens with zero attached hydrogens (tertiary/aromatic N) is 2. The Balaban J connectivity index is 1.17. The van der Waals surface area contributed by atoms with Crippen molar-refractivity contribution in [3.63, 3.8) is 0 Å². The first kappa shape index (κ1) is 29.8. The van der Waals surface area contributed by atoms with Crippen LogP contribution in [0.5, 0.6) is 0 Å². The van der Waals surface area contributed by atoms with E-state index >= 15 is 0 Å². The molecule has 5 fully saturated rings. The summed E-state index contributed by atoms with van der Waals surface area (Å²) in [6, 6.07) is 3.04. The van der Waals surface area contributed by atoms with E-state index < -0.39 is 22.7 Å². The predicted octanol–water partition coefficient (Wildman–Crippen LogP) is 3.95. The van der Waals surface area contributed by atoms with Crippen LogP contribution in [0.15, 0.2) is 27.6 Å². The van der Waals surface area contributed by atoms with Gasteiger partial charge in [-0.3, -0.25) is 9.69 Å². The Morgan fingerprint density at radius 2 is 1.74 bits per heavy atom. The SMILES string of the molecule is CC(C)(C)N1CCN(C(=O)O[C@H]2CC[C@@]3(C)[C@H](CC[C@@H]4[C@@H]3[C@@H](O)C(=O)[C@]3(C)[C@@H](c5ccc(=O)oc5)CC[C@]43O)C2)CC1. The lowest BCUT2D eigenvalue weighted by molar-refractivity contribution is -0.228. The van der Waals surface area contributed by atoms with Gasteiger partial charge >= 0.3 is 11.7 Å². The van der Waals surface area contributed by atoms with Crippen LogP contribution in [0.4, 0.5) is 4.79 Å². The third kappa shape index (κ3) is 4.40. The fraction of sp³-hybridized carbons (Fsp3) is 0.788. The molecule has 2 heterocycles. The topological polar surface area (TPSA) is 121 Å². The first-order valence-electron chi connectivity index (χ1n) is 15.9. The highest BCUT2D eigenvalue weighted by Crippen LogP contribution is 2.69. The zero-order valence-corrected chi connectivity index (χ0v) is 25.8. The van der Waals surface area contributed by atoms with Crippen LogP contribution in [0.3, 0.4) is 0 Å². The number of Topliss-reactive ketones (excluding diaryl/α,β-unsaturated/α-hetero) is 1. The van der Waals surface area contributed by atoms with Gasteiger partial charge in [0, 0.05) is 49.6 Å². The Labute approximate surface area is 248 Å². The maximum absolute atomic E-state index is 14.1. The molecule has 6 rings (SSSR count). The molecule has 9 nitrogen and oxygen atoms in total. The van der Waals surface area contributed by atoms with Crippen LogP contribution in [0, 0.1) is 28.6 Å². The maximum Gasteiger partial charge on any atom is 0.410 e. The molecule has 2 N–H and O–H groups in total. The van der Waals surface area contributed by atoms with Crippen LogP contribution in [-0.2, 0) is 9.53 Å². The van der Waals surface area contributed by atoms with Gasteiger partial charge in [-0.1, -0.05) is 6.92 Å². The Kier molecular flexibility index (Phi) is 7.22. The summed E-state index contributed by atoms with van der Waals surface area (Å²) in [6.07, 6.45) is 4.58. The van der Waals surface area contributed by atoms with Crippen molar-refractivity contribution in [3.8, 4) is 0 Å². The van der Waals surface area contributed by atoms with Crippen LogP contribution in [0.2, 0.25) is 0 Å². The van der Waals surface area contributed by atoms with Crippen LogP contribution in [-0.4, -0.2) is 81.4 Å². The number of piperazine rings is 1. The van der Waals surface area contributed by atoms with Crippen LogP contribution in [0.25, 0.3) is 0 Å². The quantitative estimate of drug-likeness (QED) is 0.536. The summed E-state index contributed by atoms with van der Waals surface area (Å²) >= 11 is 0.